The molecule has 1 aromatic rings. The van der Waals surface area contributed by atoms with E-state index < -0.39 is 11.2 Å². The van der Waals surface area contributed by atoms with Gasteiger partial charge in [-0.2, -0.15) is 0 Å². The van der Waals surface area contributed by atoms with Crippen molar-refractivity contribution in [1.29, 1.82) is 0 Å². The predicted octanol–water partition coefficient (Wildman–Crippen LogP) is 2.24. The van der Waals surface area contributed by atoms with Crippen LogP contribution in [0, 0.1) is 0 Å². The van der Waals surface area contributed by atoms with E-state index in [1.807, 2.05) is 12.3 Å². The van der Waals surface area contributed by atoms with Crippen LogP contribution in [0.25, 0.3) is 0 Å². The van der Waals surface area contributed by atoms with E-state index in [0.717, 1.165) is 11.3 Å². The lowest BCUT2D eigenvalue weighted by molar-refractivity contribution is 0.431. The molecule has 0 saturated heterocycles. The van der Waals surface area contributed by atoms with Crippen molar-refractivity contribution in [2.75, 3.05) is 17.7 Å². The van der Waals surface area contributed by atoms with Crippen LogP contribution in [0.3, 0.4) is 0 Å². The smallest absolute Gasteiger partial charge is 0.228 e. The third-order valence-electron chi connectivity index (χ3n) is 2.08. The zero-order valence-electron chi connectivity index (χ0n) is 9.40. The van der Waals surface area contributed by atoms with Gasteiger partial charge in [0.25, 0.3) is 0 Å². The minimum Gasteiger partial charge on any atom is -0.502 e. The molecule has 0 aromatic carbocycles. The van der Waals surface area contributed by atoms with E-state index in [4.69, 9.17) is 9.52 Å². The lowest BCUT2D eigenvalue weighted by Crippen LogP contribution is -2.24. The fourth-order valence-corrected chi connectivity index (χ4v) is 1.62. The standard InChI is InChI=1S/C10H10N2O3S.2ClH/c1-16-9-2-3-12(6-11-9)10-4-7(13)8(14)5-15-10;;/h2,4-6,14H,3H2,1H3;2*1H. The molecule has 1 aliphatic heterocycles. The molecule has 2 heterocycles. The van der Waals surface area contributed by atoms with Crippen LogP contribution < -0.4 is 10.3 Å². The van der Waals surface area contributed by atoms with Crippen LogP contribution in [0.15, 0.2) is 37.6 Å². The first-order valence-corrected chi connectivity index (χ1v) is 5.80. The lowest BCUT2D eigenvalue weighted by atomic mass is 10.4. The van der Waals surface area contributed by atoms with Crippen molar-refractivity contribution in [3.63, 3.8) is 0 Å². The van der Waals surface area contributed by atoms with E-state index >= 15 is 0 Å². The third-order valence-corrected chi connectivity index (χ3v) is 2.77. The molecule has 0 aliphatic carbocycles. The number of thioether (sulfide) groups is 1. The van der Waals surface area contributed by atoms with Gasteiger partial charge in [0.2, 0.25) is 11.3 Å². The van der Waals surface area contributed by atoms with E-state index in [0.29, 0.717) is 12.4 Å². The summed E-state index contributed by atoms with van der Waals surface area (Å²) in [5.74, 6) is -0.0269. The molecule has 100 valence electrons. The molecule has 2 rings (SSSR count). The van der Waals surface area contributed by atoms with Crippen LogP contribution in [0.2, 0.25) is 0 Å². The molecule has 0 bridgehead atoms. The van der Waals surface area contributed by atoms with Crippen LogP contribution in [-0.2, 0) is 0 Å². The number of hydrogen-bond acceptors (Lipinski definition) is 6. The monoisotopic (exact) mass is 310 g/mol. The summed E-state index contributed by atoms with van der Waals surface area (Å²) in [5, 5.41) is 9.98. The minimum absolute atomic E-state index is 0. The Balaban J connectivity index is 0.00000144. The highest BCUT2D eigenvalue weighted by Crippen LogP contribution is 2.19. The Morgan fingerprint density at radius 3 is 2.72 bits per heavy atom. The molecule has 0 radical (unpaired) electrons. The molecule has 0 amide bonds. The van der Waals surface area contributed by atoms with Gasteiger partial charge in [-0.05, 0) is 12.3 Å². The topological polar surface area (TPSA) is 66.0 Å². The van der Waals surface area contributed by atoms with Gasteiger partial charge in [-0.1, -0.05) is 0 Å². The Kier molecular flexibility index (Phi) is 6.90. The van der Waals surface area contributed by atoms with Gasteiger partial charge in [0.05, 0.1) is 17.4 Å². The second kappa shape index (κ2) is 7.35. The molecule has 18 heavy (non-hydrogen) atoms. The maximum atomic E-state index is 11.2. The Hall–Kier alpha value is -1.11. The number of nitrogens with zero attached hydrogens (tertiary/aromatic N) is 2. The average Bonchev–Trinajstić information content (AvgIpc) is 2.33. The van der Waals surface area contributed by atoms with Crippen LogP contribution in [-0.4, -0.2) is 24.2 Å². The zero-order chi connectivity index (χ0) is 11.5. The fraction of sp³-hybridized carbons (Fsp3) is 0.200. The molecule has 0 saturated carbocycles. The van der Waals surface area contributed by atoms with E-state index in [1.54, 1.807) is 23.0 Å². The van der Waals surface area contributed by atoms with Gasteiger partial charge in [-0.15, -0.1) is 36.6 Å². The number of rotatable bonds is 2. The third kappa shape index (κ3) is 3.69. The van der Waals surface area contributed by atoms with E-state index in [9.17, 15) is 4.79 Å². The van der Waals surface area contributed by atoms with Gasteiger partial charge in [-0.25, -0.2) is 4.99 Å². The number of hydrogen-bond donors (Lipinski definition) is 1. The second-order valence-electron chi connectivity index (χ2n) is 3.11. The van der Waals surface area contributed by atoms with Crippen molar-refractivity contribution >= 4 is 48.8 Å². The highest BCUT2D eigenvalue weighted by Gasteiger charge is 2.11. The molecule has 0 spiro atoms. The van der Waals surface area contributed by atoms with Crippen LogP contribution in [0.1, 0.15) is 0 Å². The zero-order valence-corrected chi connectivity index (χ0v) is 11.8. The van der Waals surface area contributed by atoms with Crippen molar-refractivity contribution in [2.45, 2.75) is 0 Å². The fourth-order valence-electron chi connectivity index (χ4n) is 1.23. The van der Waals surface area contributed by atoms with Crippen molar-refractivity contribution < 1.29 is 9.52 Å². The molecule has 1 aromatic heterocycles. The molecule has 1 N–H and O–H groups in total. The van der Waals surface area contributed by atoms with Gasteiger partial charge >= 0.3 is 0 Å². The summed E-state index contributed by atoms with van der Waals surface area (Å²) in [7, 11) is 0. The summed E-state index contributed by atoms with van der Waals surface area (Å²) in [6.45, 7) is 0.591. The molecule has 8 heteroatoms. The average molecular weight is 311 g/mol. The van der Waals surface area contributed by atoms with Crippen molar-refractivity contribution in [3.05, 3.63) is 33.7 Å². The van der Waals surface area contributed by atoms with Crippen LogP contribution in [0.5, 0.6) is 5.75 Å². The SMILES string of the molecule is CSC1=CCN(c2cc(=O)c(O)co2)C=N1.Cl.Cl. The second-order valence-corrected chi connectivity index (χ2v) is 3.94. The van der Waals surface area contributed by atoms with Gasteiger partial charge in [-0.3, -0.25) is 9.69 Å². The first kappa shape index (κ1) is 16.9. The number of halogens is 2. The molecular formula is C10H12Cl2N2O3S. The van der Waals surface area contributed by atoms with Crippen LogP contribution in [0.4, 0.5) is 5.88 Å². The normalized spacial score (nSPS) is 13.4. The summed E-state index contributed by atoms with van der Waals surface area (Å²) in [6.07, 6.45) is 6.50. The van der Waals surface area contributed by atoms with E-state index in [-0.39, 0.29) is 24.8 Å². The van der Waals surface area contributed by atoms with Gasteiger partial charge < -0.3 is 9.52 Å². The summed E-state index contributed by atoms with van der Waals surface area (Å²) < 4.78 is 5.10. The Morgan fingerprint density at radius 2 is 2.22 bits per heavy atom. The van der Waals surface area contributed by atoms with Crippen molar-refractivity contribution in [3.8, 4) is 5.75 Å². The molecule has 0 unspecified atom stereocenters. The molecule has 5 nitrogen and oxygen atoms in total. The predicted molar refractivity (Wildman–Crippen MR) is 78.6 cm³/mol. The molecule has 0 fully saturated rings. The van der Waals surface area contributed by atoms with Crippen molar-refractivity contribution in [1.82, 2.24) is 0 Å². The maximum absolute atomic E-state index is 11.2. The number of aliphatic imine (C=N–C) groups is 1. The van der Waals surface area contributed by atoms with E-state index in [1.165, 1.54) is 6.07 Å². The Labute approximate surface area is 120 Å². The summed E-state index contributed by atoms with van der Waals surface area (Å²) in [4.78, 5) is 17.0. The van der Waals surface area contributed by atoms with E-state index in [2.05, 4.69) is 4.99 Å². The van der Waals surface area contributed by atoms with Gasteiger partial charge in [0, 0.05) is 6.54 Å². The number of anilines is 1. The van der Waals surface area contributed by atoms with Crippen LogP contribution >= 0.6 is 36.6 Å². The highest BCUT2D eigenvalue weighted by molar-refractivity contribution is 8.02. The Bertz CT molecular complexity index is 516. The van der Waals surface area contributed by atoms with Gasteiger partial charge in [0.15, 0.2) is 5.75 Å². The molecule has 0 atom stereocenters. The maximum Gasteiger partial charge on any atom is 0.228 e. The summed E-state index contributed by atoms with van der Waals surface area (Å²) in [5.41, 5.74) is -0.464. The first-order valence-electron chi connectivity index (χ1n) is 4.57. The minimum atomic E-state index is -0.464. The Morgan fingerprint density at radius 1 is 1.50 bits per heavy atom. The number of aromatic hydroxyl groups is 1. The lowest BCUT2D eigenvalue weighted by Gasteiger charge is -2.19. The first-order chi connectivity index (χ1) is 7.70. The summed E-state index contributed by atoms with van der Waals surface area (Å²) in [6, 6.07) is 1.24. The highest BCUT2D eigenvalue weighted by atomic mass is 35.5. The largest absolute Gasteiger partial charge is 0.502 e. The molecular weight excluding hydrogens is 299 g/mol. The van der Waals surface area contributed by atoms with Crippen molar-refractivity contribution in [2.24, 2.45) is 4.99 Å². The summed E-state index contributed by atoms with van der Waals surface area (Å²) >= 11 is 1.55. The molecule has 1 aliphatic rings. The quantitative estimate of drug-likeness (QED) is 0.907. The van der Waals surface area contributed by atoms with Gasteiger partial charge in [0.1, 0.15) is 6.26 Å².